The first-order valence-electron chi connectivity index (χ1n) is 7.23. The van der Waals surface area contributed by atoms with Gasteiger partial charge in [0, 0.05) is 29.8 Å². The van der Waals surface area contributed by atoms with Crippen LogP contribution in [0.25, 0.3) is 11.3 Å². The van der Waals surface area contributed by atoms with E-state index in [1.54, 1.807) is 17.5 Å². The average molecular weight is 327 g/mol. The maximum absolute atomic E-state index is 8.79. The Morgan fingerprint density at radius 1 is 1.26 bits per heavy atom. The molecule has 0 aliphatic carbocycles. The van der Waals surface area contributed by atoms with Gasteiger partial charge < -0.3 is 15.6 Å². The molecule has 0 spiro atoms. The number of nitrogen functional groups attached to an aromatic ring is 1. The number of hydrogen-bond donors (Lipinski definition) is 2. The minimum atomic E-state index is -0.0303. The maximum Gasteiger partial charge on any atom is 0.142 e. The van der Waals surface area contributed by atoms with Crippen LogP contribution in [0.15, 0.2) is 48.1 Å². The zero-order valence-electron chi connectivity index (χ0n) is 12.5. The number of aliphatic hydroxyl groups is 1. The predicted molar refractivity (Wildman–Crippen MR) is 91.6 cm³/mol. The van der Waals surface area contributed by atoms with Crippen LogP contribution in [-0.2, 0) is 6.42 Å². The number of aromatic nitrogens is 2. The highest BCUT2D eigenvalue weighted by molar-refractivity contribution is 7.10. The maximum atomic E-state index is 8.79. The fourth-order valence-electron chi connectivity index (χ4n) is 2.21. The highest BCUT2D eigenvalue weighted by atomic mass is 32.1. The Hall–Kier alpha value is -2.44. The van der Waals surface area contributed by atoms with Crippen molar-refractivity contribution in [2.75, 3.05) is 18.9 Å². The van der Waals surface area contributed by atoms with E-state index in [1.807, 2.05) is 41.9 Å². The first-order chi connectivity index (χ1) is 11.3. The Bertz CT molecular complexity index is 775. The number of thiazole rings is 1. The van der Waals surface area contributed by atoms with E-state index in [-0.39, 0.29) is 13.2 Å². The average Bonchev–Trinajstić information content (AvgIpc) is 3.03. The summed E-state index contributed by atoms with van der Waals surface area (Å²) < 4.78 is 5.36. The third kappa shape index (κ3) is 3.85. The third-order valence-corrected chi connectivity index (χ3v) is 4.14. The lowest BCUT2D eigenvalue weighted by Crippen LogP contribution is -2.04. The standard InChI is InChI=1S/C17H17N3O2S/c18-14-8-12(3-4-16(14)22-7-6-21)9-17-20-15(11-23-17)13-2-1-5-19-10-13/h1-5,8,10-11,21H,6-7,9,18H2. The first kappa shape index (κ1) is 15.5. The highest BCUT2D eigenvalue weighted by Gasteiger charge is 2.07. The molecule has 0 atom stereocenters. The number of anilines is 1. The van der Waals surface area contributed by atoms with Crippen LogP contribution in [0.2, 0.25) is 0 Å². The Balaban J connectivity index is 1.73. The number of pyridine rings is 1. The van der Waals surface area contributed by atoms with Gasteiger partial charge in [-0.05, 0) is 29.8 Å². The molecular formula is C17H17N3O2S. The lowest BCUT2D eigenvalue weighted by Gasteiger charge is -2.08. The van der Waals surface area contributed by atoms with Crippen molar-refractivity contribution in [2.45, 2.75) is 6.42 Å². The second-order valence-electron chi connectivity index (χ2n) is 4.99. The molecule has 0 radical (unpaired) electrons. The van der Waals surface area contributed by atoms with Gasteiger partial charge in [0.25, 0.3) is 0 Å². The number of ether oxygens (including phenoxy) is 1. The number of benzene rings is 1. The van der Waals surface area contributed by atoms with Crippen molar-refractivity contribution in [2.24, 2.45) is 0 Å². The summed E-state index contributed by atoms with van der Waals surface area (Å²) in [6, 6.07) is 9.58. The van der Waals surface area contributed by atoms with Gasteiger partial charge in [0.1, 0.15) is 12.4 Å². The summed E-state index contributed by atoms with van der Waals surface area (Å²) >= 11 is 1.62. The van der Waals surface area contributed by atoms with Crippen LogP contribution in [0.1, 0.15) is 10.6 Å². The molecule has 0 saturated heterocycles. The molecule has 0 aliphatic rings. The SMILES string of the molecule is Nc1cc(Cc2nc(-c3cccnc3)cs2)ccc1OCCO. The van der Waals surface area contributed by atoms with E-state index in [4.69, 9.17) is 15.6 Å². The molecule has 0 saturated carbocycles. The zero-order chi connectivity index (χ0) is 16.1. The Morgan fingerprint density at radius 3 is 2.91 bits per heavy atom. The molecule has 6 heteroatoms. The largest absolute Gasteiger partial charge is 0.489 e. The molecule has 3 rings (SSSR count). The smallest absolute Gasteiger partial charge is 0.142 e. The molecule has 0 fully saturated rings. The van der Waals surface area contributed by atoms with Crippen LogP contribution in [0.4, 0.5) is 5.69 Å². The Morgan fingerprint density at radius 2 is 2.17 bits per heavy atom. The summed E-state index contributed by atoms with van der Waals surface area (Å²) in [4.78, 5) is 8.77. The van der Waals surface area contributed by atoms with Crippen molar-refractivity contribution in [3.05, 3.63) is 58.7 Å². The number of hydrogen-bond acceptors (Lipinski definition) is 6. The topological polar surface area (TPSA) is 81.3 Å². The van der Waals surface area contributed by atoms with E-state index in [0.717, 1.165) is 28.2 Å². The summed E-state index contributed by atoms with van der Waals surface area (Å²) in [5.41, 5.74) is 9.58. The van der Waals surface area contributed by atoms with Crippen molar-refractivity contribution < 1.29 is 9.84 Å². The lowest BCUT2D eigenvalue weighted by molar-refractivity contribution is 0.202. The molecule has 0 aliphatic heterocycles. The fourth-order valence-corrected chi connectivity index (χ4v) is 3.05. The second kappa shape index (κ2) is 7.21. The first-order valence-corrected chi connectivity index (χ1v) is 8.11. The molecule has 2 heterocycles. The molecular weight excluding hydrogens is 310 g/mol. The Labute approximate surface area is 138 Å². The van der Waals surface area contributed by atoms with Gasteiger partial charge in [-0.3, -0.25) is 4.98 Å². The van der Waals surface area contributed by atoms with Gasteiger partial charge in [0.05, 0.1) is 23.0 Å². The van der Waals surface area contributed by atoms with E-state index in [9.17, 15) is 0 Å². The van der Waals surface area contributed by atoms with E-state index in [2.05, 4.69) is 9.97 Å². The van der Waals surface area contributed by atoms with E-state index >= 15 is 0 Å². The van der Waals surface area contributed by atoms with Crippen LogP contribution in [0.5, 0.6) is 5.75 Å². The summed E-state index contributed by atoms with van der Waals surface area (Å²) in [7, 11) is 0. The molecule has 3 N–H and O–H groups in total. The van der Waals surface area contributed by atoms with Gasteiger partial charge in [-0.1, -0.05) is 6.07 Å². The third-order valence-electron chi connectivity index (χ3n) is 3.29. The number of nitrogens with zero attached hydrogens (tertiary/aromatic N) is 2. The molecule has 23 heavy (non-hydrogen) atoms. The molecule has 2 aromatic heterocycles. The monoisotopic (exact) mass is 327 g/mol. The normalized spacial score (nSPS) is 10.7. The van der Waals surface area contributed by atoms with Crippen LogP contribution >= 0.6 is 11.3 Å². The molecule has 5 nitrogen and oxygen atoms in total. The molecule has 0 bridgehead atoms. The summed E-state index contributed by atoms with van der Waals surface area (Å²) in [5, 5.41) is 11.8. The molecule has 1 aromatic carbocycles. The quantitative estimate of drug-likeness (QED) is 0.680. The molecule has 3 aromatic rings. The van der Waals surface area contributed by atoms with Crippen molar-refractivity contribution in [3.63, 3.8) is 0 Å². The van der Waals surface area contributed by atoms with Crippen molar-refractivity contribution in [1.29, 1.82) is 0 Å². The predicted octanol–water partition coefficient (Wildman–Crippen LogP) is 2.75. The van der Waals surface area contributed by atoms with E-state index < -0.39 is 0 Å². The number of nitrogens with two attached hydrogens (primary N) is 1. The van der Waals surface area contributed by atoms with Gasteiger partial charge in [-0.2, -0.15) is 0 Å². The lowest BCUT2D eigenvalue weighted by atomic mass is 10.1. The van der Waals surface area contributed by atoms with Crippen molar-refractivity contribution in [3.8, 4) is 17.0 Å². The molecule has 0 unspecified atom stereocenters. The number of aliphatic hydroxyl groups excluding tert-OH is 1. The zero-order valence-corrected chi connectivity index (χ0v) is 13.3. The van der Waals surface area contributed by atoms with E-state index in [1.165, 1.54) is 0 Å². The van der Waals surface area contributed by atoms with Crippen molar-refractivity contribution >= 4 is 17.0 Å². The van der Waals surface area contributed by atoms with Gasteiger partial charge in [-0.25, -0.2) is 4.98 Å². The summed E-state index contributed by atoms with van der Waals surface area (Å²) in [5.74, 6) is 0.595. The number of rotatable bonds is 6. The molecule has 0 amide bonds. The molecule has 118 valence electrons. The fraction of sp³-hybridized carbons (Fsp3) is 0.176. The van der Waals surface area contributed by atoms with Gasteiger partial charge in [0.2, 0.25) is 0 Å². The Kier molecular flexibility index (Phi) is 4.85. The van der Waals surface area contributed by atoms with Crippen molar-refractivity contribution in [1.82, 2.24) is 9.97 Å². The minimum absolute atomic E-state index is 0.0303. The summed E-state index contributed by atoms with van der Waals surface area (Å²) in [6.07, 6.45) is 4.28. The summed E-state index contributed by atoms with van der Waals surface area (Å²) in [6.45, 7) is 0.210. The minimum Gasteiger partial charge on any atom is -0.489 e. The highest BCUT2D eigenvalue weighted by Crippen LogP contribution is 2.26. The van der Waals surface area contributed by atoms with Gasteiger partial charge >= 0.3 is 0 Å². The van der Waals surface area contributed by atoms with E-state index in [0.29, 0.717) is 11.4 Å². The van der Waals surface area contributed by atoms with Crippen LogP contribution in [0, 0.1) is 0 Å². The second-order valence-corrected chi connectivity index (χ2v) is 5.93. The van der Waals surface area contributed by atoms with Gasteiger partial charge in [0.15, 0.2) is 0 Å². The van der Waals surface area contributed by atoms with Crippen LogP contribution < -0.4 is 10.5 Å². The van der Waals surface area contributed by atoms with Crippen LogP contribution in [0.3, 0.4) is 0 Å². The van der Waals surface area contributed by atoms with Gasteiger partial charge in [-0.15, -0.1) is 11.3 Å². The van der Waals surface area contributed by atoms with Crippen LogP contribution in [-0.4, -0.2) is 28.3 Å².